The lowest BCUT2D eigenvalue weighted by Crippen LogP contribution is -2.47. The molecule has 1 amide bonds. The fourth-order valence-electron chi connectivity index (χ4n) is 1.72. The van der Waals surface area contributed by atoms with Crippen LogP contribution in [-0.2, 0) is 4.74 Å². The summed E-state index contributed by atoms with van der Waals surface area (Å²) in [6, 6.07) is 0.236. The molecule has 2 fully saturated rings. The molecule has 1 unspecified atom stereocenters. The van der Waals surface area contributed by atoms with E-state index in [4.69, 9.17) is 9.84 Å². The van der Waals surface area contributed by atoms with Crippen LogP contribution >= 0.6 is 0 Å². The van der Waals surface area contributed by atoms with Crippen molar-refractivity contribution in [3.63, 3.8) is 0 Å². The highest BCUT2D eigenvalue weighted by Crippen LogP contribution is 2.29. The minimum Gasteiger partial charge on any atom is -0.447 e. The summed E-state index contributed by atoms with van der Waals surface area (Å²) in [5.74, 6) is 0. The summed E-state index contributed by atoms with van der Waals surface area (Å²) in [4.78, 5) is 12.9. The van der Waals surface area contributed by atoms with Gasteiger partial charge in [0.2, 0.25) is 0 Å². The number of aliphatic hydroxyl groups is 1. The van der Waals surface area contributed by atoms with Crippen LogP contribution in [0, 0.1) is 0 Å². The third kappa shape index (κ3) is 1.06. The second kappa shape index (κ2) is 2.94. The van der Waals surface area contributed by atoms with Gasteiger partial charge in [-0.05, 0) is 19.3 Å². The van der Waals surface area contributed by atoms with E-state index in [1.165, 1.54) is 6.42 Å². The molecule has 0 aromatic heterocycles. The number of carbonyl (C=O) groups excluding carboxylic acids is 1. The molecule has 0 bridgehead atoms. The highest BCUT2D eigenvalue weighted by Gasteiger charge is 2.39. The molecule has 0 aromatic rings. The number of aliphatic hydroxyl groups excluding tert-OH is 1. The second-order valence-electron chi connectivity index (χ2n) is 3.41. The molecule has 4 nitrogen and oxygen atoms in total. The van der Waals surface area contributed by atoms with E-state index in [0.717, 1.165) is 12.8 Å². The Morgan fingerprint density at radius 1 is 1.58 bits per heavy atom. The van der Waals surface area contributed by atoms with Gasteiger partial charge in [0.25, 0.3) is 0 Å². The zero-order valence-electron chi connectivity index (χ0n) is 6.90. The zero-order valence-corrected chi connectivity index (χ0v) is 6.90. The van der Waals surface area contributed by atoms with E-state index in [0.29, 0.717) is 12.6 Å². The van der Waals surface area contributed by atoms with Crippen LogP contribution in [0.5, 0.6) is 0 Å². The quantitative estimate of drug-likeness (QED) is 0.652. The van der Waals surface area contributed by atoms with E-state index in [9.17, 15) is 4.79 Å². The molecule has 0 spiro atoms. The Labute approximate surface area is 71.1 Å². The molecule has 4 heteroatoms. The highest BCUT2D eigenvalue weighted by molar-refractivity contribution is 5.70. The average molecular weight is 171 g/mol. The standard InChI is InChI=1S/C8H13NO3/c10-4-7-5-12-8(11)9(7)6-2-1-3-6/h6-7,10H,1-5H2. The fraction of sp³-hybridized carbons (Fsp3) is 0.875. The second-order valence-corrected chi connectivity index (χ2v) is 3.41. The monoisotopic (exact) mass is 171 g/mol. The fourth-order valence-corrected chi connectivity index (χ4v) is 1.72. The molecule has 68 valence electrons. The Balaban J connectivity index is 2.03. The SMILES string of the molecule is O=C1OCC(CO)N1C1CCC1. The lowest BCUT2D eigenvalue weighted by atomic mass is 9.91. The van der Waals surface area contributed by atoms with Gasteiger partial charge in [0.05, 0.1) is 12.6 Å². The number of hydrogen-bond donors (Lipinski definition) is 1. The van der Waals surface area contributed by atoms with Crippen molar-refractivity contribution >= 4 is 6.09 Å². The number of cyclic esters (lactones) is 1. The molecular formula is C8H13NO3. The van der Waals surface area contributed by atoms with E-state index in [2.05, 4.69) is 0 Å². The van der Waals surface area contributed by atoms with Crippen LogP contribution in [0.2, 0.25) is 0 Å². The van der Waals surface area contributed by atoms with E-state index < -0.39 is 0 Å². The first-order valence-corrected chi connectivity index (χ1v) is 4.39. The Bertz CT molecular complexity index is 191. The number of nitrogens with zero attached hydrogens (tertiary/aromatic N) is 1. The third-order valence-corrected chi connectivity index (χ3v) is 2.68. The van der Waals surface area contributed by atoms with Crippen molar-refractivity contribution in [3.05, 3.63) is 0 Å². The van der Waals surface area contributed by atoms with Gasteiger partial charge < -0.3 is 9.84 Å². The maximum absolute atomic E-state index is 11.2. The summed E-state index contributed by atoms with van der Waals surface area (Å²) in [5, 5.41) is 8.95. The maximum Gasteiger partial charge on any atom is 0.410 e. The van der Waals surface area contributed by atoms with Crippen LogP contribution in [0.4, 0.5) is 4.79 Å². The van der Waals surface area contributed by atoms with E-state index in [1.54, 1.807) is 4.90 Å². The van der Waals surface area contributed by atoms with Crippen LogP contribution in [-0.4, -0.2) is 41.4 Å². The first-order valence-electron chi connectivity index (χ1n) is 4.39. The highest BCUT2D eigenvalue weighted by atomic mass is 16.6. The Kier molecular flexibility index (Phi) is 1.92. The van der Waals surface area contributed by atoms with Crippen molar-refractivity contribution in [2.75, 3.05) is 13.2 Å². The van der Waals surface area contributed by atoms with E-state index in [-0.39, 0.29) is 18.7 Å². The van der Waals surface area contributed by atoms with Crippen LogP contribution in [0.1, 0.15) is 19.3 Å². The molecule has 0 radical (unpaired) electrons. The van der Waals surface area contributed by atoms with Gasteiger partial charge in [0, 0.05) is 6.04 Å². The lowest BCUT2D eigenvalue weighted by molar-refractivity contribution is 0.0986. The predicted molar refractivity (Wildman–Crippen MR) is 41.7 cm³/mol. The molecule has 0 aromatic carbocycles. The van der Waals surface area contributed by atoms with Crippen molar-refractivity contribution in [1.29, 1.82) is 0 Å². The molecule has 12 heavy (non-hydrogen) atoms. The molecule has 1 heterocycles. The molecule has 2 rings (SSSR count). The van der Waals surface area contributed by atoms with Crippen molar-refractivity contribution in [2.24, 2.45) is 0 Å². The topological polar surface area (TPSA) is 49.8 Å². The summed E-state index contributed by atoms with van der Waals surface area (Å²) in [7, 11) is 0. The molecule has 1 saturated heterocycles. The van der Waals surface area contributed by atoms with E-state index in [1.807, 2.05) is 0 Å². The number of rotatable bonds is 2. The van der Waals surface area contributed by atoms with Gasteiger partial charge in [-0.2, -0.15) is 0 Å². The van der Waals surface area contributed by atoms with Crippen molar-refractivity contribution in [2.45, 2.75) is 31.3 Å². The Morgan fingerprint density at radius 2 is 2.33 bits per heavy atom. The molecular weight excluding hydrogens is 158 g/mol. The summed E-state index contributed by atoms with van der Waals surface area (Å²) >= 11 is 0. The van der Waals surface area contributed by atoms with Gasteiger partial charge in [0.15, 0.2) is 0 Å². The van der Waals surface area contributed by atoms with Gasteiger partial charge in [-0.3, -0.25) is 4.90 Å². The average Bonchev–Trinajstić information content (AvgIpc) is 2.30. The zero-order chi connectivity index (χ0) is 8.55. The first kappa shape index (κ1) is 7.86. The van der Waals surface area contributed by atoms with Gasteiger partial charge in [-0.1, -0.05) is 0 Å². The first-order chi connectivity index (χ1) is 5.83. The van der Waals surface area contributed by atoms with Crippen molar-refractivity contribution in [3.8, 4) is 0 Å². The maximum atomic E-state index is 11.2. The van der Waals surface area contributed by atoms with Gasteiger partial charge in [-0.25, -0.2) is 4.79 Å². The van der Waals surface area contributed by atoms with Crippen LogP contribution in [0.15, 0.2) is 0 Å². The molecule has 1 N–H and O–H groups in total. The van der Waals surface area contributed by atoms with Gasteiger partial charge in [-0.15, -0.1) is 0 Å². The smallest absolute Gasteiger partial charge is 0.410 e. The molecule has 2 aliphatic rings. The van der Waals surface area contributed by atoms with Crippen LogP contribution in [0.25, 0.3) is 0 Å². The third-order valence-electron chi connectivity index (χ3n) is 2.68. The Morgan fingerprint density at radius 3 is 2.83 bits per heavy atom. The minimum absolute atomic E-state index is 0.0161. The lowest BCUT2D eigenvalue weighted by Gasteiger charge is -2.35. The summed E-state index contributed by atoms with van der Waals surface area (Å²) < 4.78 is 4.85. The number of ether oxygens (including phenoxy) is 1. The van der Waals surface area contributed by atoms with Crippen LogP contribution in [0.3, 0.4) is 0 Å². The largest absolute Gasteiger partial charge is 0.447 e. The van der Waals surface area contributed by atoms with Gasteiger partial charge >= 0.3 is 6.09 Å². The number of carbonyl (C=O) groups is 1. The summed E-state index contributed by atoms with van der Waals surface area (Å²) in [6.45, 7) is 0.369. The summed E-state index contributed by atoms with van der Waals surface area (Å²) in [5.41, 5.74) is 0. The van der Waals surface area contributed by atoms with Crippen molar-refractivity contribution < 1.29 is 14.6 Å². The molecule has 1 aliphatic heterocycles. The van der Waals surface area contributed by atoms with Crippen molar-refractivity contribution in [1.82, 2.24) is 4.90 Å². The molecule has 1 saturated carbocycles. The molecule has 1 aliphatic carbocycles. The predicted octanol–water partition coefficient (Wildman–Crippen LogP) is 0.352. The molecule has 1 atom stereocenters. The number of hydrogen-bond acceptors (Lipinski definition) is 3. The summed E-state index contributed by atoms with van der Waals surface area (Å²) in [6.07, 6.45) is 3.06. The number of amides is 1. The van der Waals surface area contributed by atoms with E-state index >= 15 is 0 Å². The Hall–Kier alpha value is -0.770. The minimum atomic E-state index is -0.251. The van der Waals surface area contributed by atoms with Crippen LogP contribution < -0.4 is 0 Å². The normalized spacial score (nSPS) is 30.2. The van der Waals surface area contributed by atoms with Gasteiger partial charge in [0.1, 0.15) is 6.61 Å².